The van der Waals surface area contributed by atoms with E-state index < -0.39 is 5.97 Å². The summed E-state index contributed by atoms with van der Waals surface area (Å²) in [6, 6.07) is 3.63. The Bertz CT molecular complexity index is 638. The van der Waals surface area contributed by atoms with Crippen LogP contribution < -0.4 is 4.74 Å². The van der Waals surface area contributed by atoms with Gasteiger partial charge in [-0.05, 0) is 32.4 Å². The Morgan fingerprint density at radius 2 is 2.05 bits per heavy atom. The topological polar surface area (TPSA) is 72.3 Å². The molecule has 2 heterocycles. The molecule has 0 radical (unpaired) electrons. The van der Waals surface area contributed by atoms with Gasteiger partial charge in [-0.2, -0.15) is 0 Å². The number of hydrogen-bond donors (Lipinski definition) is 1. The predicted molar refractivity (Wildman–Crippen MR) is 71.8 cm³/mol. The van der Waals surface area contributed by atoms with Gasteiger partial charge in [0.2, 0.25) is 0 Å². The first kappa shape index (κ1) is 13.3. The highest BCUT2D eigenvalue weighted by Gasteiger charge is 2.21. The van der Waals surface area contributed by atoms with E-state index in [-0.39, 0.29) is 5.56 Å². The van der Waals surface area contributed by atoms with Crippen LogP contribution in [0.5, 0.6) is 5.75 Å². The molecule has 0 fully saturated rings. The molecule has 2 aromatic rings. The fourth-order valence-electron chi connectivity index (χ4n) is 2.03. The summed E-state index contributed by atoms with van der Waals surface area (Å²) in [6.07, 6.45) is 0.521. The maximum absolute atomic E-state index is 11.4. The fourth-order valence-corrected chi connectivity index (χ4v) is 2.03. The zero-order chi connectivity index (χ0) is 14.0. The number of aromatic carboxylic acids is 1. The van der Waals surface area contributed by atoms with Gasteiger partial charge in [-0.1, -0.05) is 6.92 Å². The van der Waals surface area contributed by atoms with Gasteiger partial charge in [0.05, 0.1) is 17.7 Å². The van der Waals surface area contributed by atoms with Crippen LogP contribution in [0.15, 0.2) is 12.1 Å². The summed E-state index contributed by atoms with van der Waals surface area (Å²) in [7, 11) is 0. The van der Waals surface area contributed by atoms with E-state index in [9.17, 15) is 9.90 Å². The van der Waals surface area contributed by atoms with E-state index in [1.807, 2.05) is 32.9 Å². The average molecular weight is 260 g/mol. The molecule has 0 aliphatic heterocycles. The number of aromatic nitrogens is 2. The molecule has 2 rings (SSSR count). The summed E-state index contributed by atoms with van der Waals surface area (Å²) in [6.45, 7) is 5.96. The van der Waals surface area contributed by atoms with E-state index in [4.69, 9.17) is 4.74 Å². The standard InChI is InChI=1S/C14H16N2O3/c1-4-10-11(14(17)18)12(19-5-2)9-7-6-8(3)15-13(9)16-10/h6-7H,4-5H2,1-3H3,(H,17,18). The van der Waals surface area contributed by atoms with Crippen LogP contribution in [0, 0.1) is 6.92 Å². The molecular weight excluding hydrogens is 244 g/mol. The van der Waals surface area contributed by atoms with Gasteiger partial charge in [-0.25, -0.2) is 14.8 Å². The number of pyridine rings is 2. The number of carboxylic acids is 1. The van der Waals surface area contributed by atoms with Crippen LogP contribution in [0.4, 0.5) is 0 Å². The molecule has 0 atom stereocenters. The van der Waals surface area contributed by atoms with Crippen LogP contribution in [-0.2, 0) is 6.42 Å². The van der Waals surface area contributed by atoms with Crippen molar-refractivity contribution in [3.8, 4) is 5.75 Å². The van der Waals surface area contributed by atoms with E-state index in [1.165, 1.54) is 0 Å². The fraction of sp³-hybridized carbons (Fsp3) is 0.357. The largest absolute Gasteiger partial charge is 0.492 e. The second-order valence-electron chi connectivity index (χ2n) is 4.18. The molecule has 0 saturated heterocycles. The average Bonchev–Trinajstić information content (AvgIpc) is 2.37. The number of carbonyl (C=O) groups is 1. The lowest BCUT2D eigenvalue weighted by atomic mass is 10.1. The van der Waals surface area contributed by atoms with Crippen molar-refractivity contribution in [3.05, 3.63) is 29.1 Å². The first-order chi connectivity index (χ1) is 9.08. The summed E-state index contributed by atoms with van der Waals surface area (Å²) in [4.78, 5) is 20.1. The highest BCUT2D eigenvalue weighted by atomic mass is 16.5. The number of fused-ring (bicyclic) bond motifs is 1. The van der Waals surface area contributed by atoms with Gasteiger partial charge in [-0.15, -0.1) is 0 Å². The van der Waals surface area contributed by atoms with Gasteiger partial charge >= 0.3 is 5.97 Å². The maximum atomic E-state index is 11.4. The number of rotatable bonds is 4. The van der Waals surface area contributed by atoms with Crippen molar-refractivity contribution >= 4 is 17.0 Å². The number of ether oxygens (including phenoxy) is 1. The molecule has 5 nitrogen and oxygen atoms in total. The lowest BCUT2D eigenvalue weighted by Crippen LogP contribution is -2.10. The van der Waals surface area contributed by atoms with Gasteiger partial charge in [0, 0.05) is 5.69 Å². The lowest BCUT2D eigenvalue weighted by molar-refractivity contribution is 0.0691. The van der Waals surface area contributed by atoms with Gasteiger partial charge in [0.25, 0.3) is 0 Å². The van der Waals surface area contributed by atoms with Crippen molar-refractivity contribution in [2.45, 2.75) is 27.2 Å². The minimum Gasteiger partial charge on any atom is -0.492 e. The molecule has 0 spiro atoms. The third-order valence-electron chi connectivity index (χ3n) is 2.85. The summed E-state index contributed by atoms with van der Waals surface area (Å²) in [5, 5.41) is 10.0. The monoisotopic (exact) mass is 260 g/mol. The summed E-state index contributed by atoms with van der Waals surface area (Å²) in [5.74, 6) is -0.653. The molecule has 0 unspecified atom stereocenters. The van der Waals surface area contributed by atoms with Crippen LogP contribution in [-0.4, -0.2) is 27.7 Å². The van der Waals surface area contributed by atoms with Crippen molar-refractivity contribution < 1.29 is 14.6 Å². The Morgan fingerprint density at radius 1 is 1.32 bits per heavy atom. The molecule has 5 heteroatoms. The molecule has 0 amide bonds. The van der Waals surface area contributed by atoms with E-state index in [1.54, 1.807) is 0 Å². The van der Waals surface area contributed by atoms with E-state index >= 15 is 0 Å². The van der Waals surface area contributed by atoms with E-state index in [0.29, 0.717) is 35.5 Å². The second-order valence-corrected chi connectivity index (χ2v) is 4.18. The lowest BCUT2D eigenvalue weighted by Gasteiger charge is -2.13. The maximum Gasteiger partial charge on any atom is 0.341 e. The second kappa shape index (κ2) is 5.22. The quantitative estimate of drug-likeness (QED) is 0.914. The minimum atomic E-state index is -1.02. The molecule has 0 bridgehead atoms. The molecule has 0 aliphatic carbocycles. The molecule has 1 N–H and O–H groups in total. The zero-order valence-electron chi connectivity index (χ0n) is 11.2. The number of carboxylic acid groups (broad SMARTS) is 1. The molecular formula is C14H16N2O3. The Morgan fingerprint density at radius 3 is 2.63 bits per heavy atom. The smallest absolute Gasteiger partial charge is 0.341 e. The number of nitrogens with zero attached hydrogens (tertiary/aromatic N) is 2. The van der Waals surface area contributed by atoms with Crippen LogP contribution in [0.3, 0.4) is 0 Å². The van der Waals surface area contributed by atoms with Crippen LogP contribution in [0.1, 0.15) is 35.6 Å². The molecule has 0 aromatic carbocycles. The zero-order valence-corrected chi connectivity index (χ0v) is 11.2. The third-order valence-corrected chi connectivity index (χ3v) is 2.85. The van der Waals surface area contributed by atoms with Crippen molar-refractivity contribution in [3.63, 3.8) is 0 Å². The summed E-state index contributed by atoms with van der Waals surface area (Å²) < 4.78 is 5.53. The molecule has 0 aliphatic rings. The predicted octanol–water partition coefficient (Wildman–Crippen LogP) is 2.60. The first-order valence-corrected chi connectivity index (χ1v) is 6.24. The van der Waals surface area contributed by atoms with Crippen LogP contribution in [0.25, 0.3) is 11.0 Å². The van der Waals surface area contributed by atoms with E-state index in [2.05, 4.69) is 9.97 Å². The summed E-state index contributed by atoms with van der Waals surface area (Å²) in [5.41, 5.74) is 2.02. The Hall–Kier alpha value is -2.17. The molecule has 0 saturated carbocycles. The van der Waals surface area contributed by atoms with Crippen molar-refractivity contribution in [2.75, 3.05) is 6.61 Å². The third kappa shape index (κ3) is 2.36. The molecule has 19 heavy (non-hydrogen) atoms. The van der Waals surface area contributed by atoms with Gasteiger partial charge in [0.1, 0.15) is 11.3 Å². The SMILES string of the molecule is CCOc1c(C(=O)O)c(CC)nc2nc(C)ccc12. The van der Waals surface area contributed by atoms with Gasteiger partial charge in [0.15, 0.2) is 5.65 Å². The molecule has 2 aromatic heterocycles. The van der Waals surface area contributed by atoms with Crippen molar-refractivity contribution in [2.24, 2.45) is 0 Å². The number of aryl methyl sites for hydroxylation is 2. The van der Waals surface area contributed by atoms with Gasteiger partial charge in [-0.3, -0.25) is 0 Å². The normalized spacial score (nSPS) is 10.7. The molecule has 100 valence electrons. The Labute approximate surface area is 111 Å². The van der Waals surface area contributed by atoms with E-state index in [0.717, 1.165) is 5.69 Å². The Balaban J connectivity index is 2.85. The summed E-state index contributed by atoms with van der Waals surface area (Å²) >= 11 is 0. The van der Waals surface area contributed by atoms with Crippen molar-refractivity contribution in [1.29, 1.82) is 0 Å². The highest BCUT2D eigenvalue weighted by Crippen LogP contribution is 2.30. The van der Waals surface area contributed by atoms with Crippen LogP contribution >= 0.6 is 0 Å². The highest BCUT2D eigenvalue weighted by molar-refractivity contribution is 5.99. The van der Waals surface area contributed by atoms with Crippen LogP contribution in [0.2, 0.25) is 0 Å². The number of hydrogen-bond acceptors (Lipinski definition) is 4. The van der Waals surface area contributed by atoms with Crippen molar-refractivity contribution in [1.82, 2.24) is 9.97 Å². The first-order valence-electron chi connectivity index (χ1n) is 6.24. The van der Waals surface area contributed by atoms with Gasteiger partial charge < -0.3 is 9.84 Å². The minimum absolute atomic E-state index is 0.141. The Kier molecular flexibility index (Phi) is 3.64.